The first-order chi connectivity index (χ1) is 13.6. The van der Waals surface area contributed by atoms with Crippen LogP contribution in [-0.2, 0) is 28.6 Å². The van der Waals surface area contributed by atoms with E-state index in [9.17, 15) is 14.4 Å². The molecule has 1 fully saturated rings. The quantitative estimate of drug-likeness (QED) is 0.333. The Morgan fingerprint density at radius 2 is 2.00 bits per heavy atom. The van der Waals surface area contributed by atoms with Gasteiger partial charge in [0.05, 0.1) is 12.5 Å². The van der Waals surface area contributed by atoms with Crippen LogP contribution in [0.3, 0.4) is 0 Å². The lowest BCUT2D eigenvalue weighted by Crippen LogP contribution is -2.34. The molecule has 0 amide bonds. The Labute approximate surface area is 170 Å². The van der Waals surface area contributed by atoms with E-state index >= 15 is 0 Å². The molecule has 29 heavy (non-hydrogen) atoms. The summed E-state index contributed by atoms with van der Waals surface area (Å²) in [6.45, 7) is 10.2. The minimum absolute atomic E-state index is 0.234. The maximum Gasteiger partial charge on any atom is 0.334 e. The van der Waals surface area contributed by atoms with Crippen LogP contribution in [0.25, 0.3) is 0 Å². The SMILES string of the molecule is C=C1C(=O)O[C@@H]2/C=C(/C)[C@H](OC(C)=O)C/C=C(/C)C[C@@H](OC(=O)/C(C)=C/CO)[C@@H]12. The van der Waals surface area contributed by atoms with E-state index in [1.165, 1.54) is 13.0 Å². The van der Waals surface area contributed by atoms with E-state index in [1.807, 2.05) is 13.0 Å². The predicted octanol–water partition coefficient (Wildman–Crippen LogP) is 2.55. The second-order valence-electron chi connectivity index (χ2n) is 7.43. The van der Waals surface area contributed by atoms with Gasteiger partial charge in [0, 0.05) is 30.9 Å². The fourth-order valence-corrected chi connectivity index (χ4v) is 3.48. The van der Waals surface area contributed by atoms with Gasteiger partial charge in [-0.1, -0.05) is 18.2 Å². The van der Waals surface area contributed by atoms with Crippen LogP contribution in [0.1, 0.15) is 40.5 Å². The van der Waals surface area contributed by atoms with Gasteiger partial charge in [-0.2, -0.15) is 0 Å². The Bertz CT molecular complexity index is 787. The van der Waals surface area contributed by atoms with Gasteiger partial charge < -0.3 is 19.3 Å². The molecule has 0 aromatic carbocycles. The smallest absolute Gasteiger partial charge is 0.334 e. The van der Waals surface area contributed by atoms with Crippen LogP contribution in [0, 0.1) is 5.92 Å². The number of esters is 3. The van der Waals surface area contributed by atoms with Crippen molar-refractivity contribution >= 4 is 17.9 Å². The number of hydrogen-bond donors (Lipinski definition) is 1. The van der Waals surface area contributed by atoms with Gasteiger partial charge in [-0.25, -0.2) is 9.59 Å². The van der Waals surface area contributed by atoms with Crippen LogP contribution < -0.4 is 0 Å². The van der Waals surface area contributed by atoms with Crippen molar-refractivity contribution < 1.29 is 33.7 Å². The second-order valence-corrected chi connectivity index (χ2v) is 7.43. The molecule has 158 valence electrons. The van der Waals surface area contributed by atoms with Crippen molar-refractivity contribution in [3.63, 3.8) is 0 Å². The van der Waals surface area contributed by atoms with Gasteiger partial charge in [-0.15, -0.1) is 0 Å². The molecule has 7 nitrogen and oxygen atoms in total. The second kappa shape index (κ2) is 9.69. The molecule has 0 aromatic heterocycles. The van der Waals surface area contributed by atoms with Gasteiger partial charge in [0.15, 0.2) is 0 Å². The van der Waals surface area contributed by atoms with E-state index in [1.54, 1.807) is 19.9 Å². The number of fused-ring (bicyclic) bond motifs is 1. The summed E-state index contributed by atoms with van der Waals surface area (Å²) in [6.07, 6.45) is 4.05. The number of ether oxygens (including phenoxy) is 3. The third-order valence-corrected chi connectivity index (χ3v) is 5.09. The number of carbonyl (C=O) groups excluding carboxylic acids is 3. The van der Waals surface area contributed by atoms with Crippen LogP contribution >= 0.6 is 0 Å². The van der Waals surface area contributed by atoms with E-state index in [0.29, 0.717) is 12.8 Å². The average molecular weight is 404 g/mol. The maximum absolute atomic E-state index is 12.4. The van der Waals surface area contributed by atoms with Gasteiger partial charge in [0.2, 0.25) is 0 Å². The van der Waals surface area contributed by atoms with Crippen LogP contribution in [-0.4, -0.2) is 47.9 Å². The number of hydrogen-bond acceptors (Lipinski definition) is 7. The molecule has 0 aromatic rings. The Balaban J connectivity index is 2.42. The minimum Gasteiger partial charge on any atom is -0.458 e. The van der Waals surface area contributed by atoms with E-state index < -0.39 is 42.1 Å². The van der Waals surface area contributed by atoms with Crippen molar-refractivity contribution in [1.29, 1.82) is 0 Å². The lowest BCUT2D eigenvalue weighted by molar-refractivity contribution is -0.148. The van der Waals surface area contributed by atoms with Gasteiger partial charge >= 0.3 is 17.9 Å². The largest absolute Gasteiger partial charge is 0.458 e. The first-order valence-corrected chi connectivity index (χ1v) is 9.53. The third kappa shape index (κ3) is 5.67. The summed E-state index contributed by atoms with van der Waals surface area (Å²) in [5.41, 5.74) is 2.17. The van der Waals surface area contributed by atoms with Crippen molar-refractivity contribution in [2.24, 2.45) is 5.92 Å². The summed E-state index contributed by atoms with van der Waals surface area (Å²) < 4.78 is 16.6. The summed E-state index contributed by atoms with van der Waals surface area (Å²) in [6, 6.07) is 0. The molecule has 7 heteroatoms. The molecule has 4 atom stereocenters. The number of aliphatic hydroxyl groups excluding tert-OH is 1. The molecule has 0 radical (unpaired) electrons. The molecule has 1 aliphatic heterocycles. The predicted molar refractivity (Wildman–Crippen MR) is 106 cm³/mol. The summed E-state index contributed by atoms with van der Waals surface area (Å²) in [5, 5.41) is 9.01. The maximum atomic E-state index is 12.4. The van der Waals surface area contributed by atoms with Gasteiger partial charge in [-0.05, 0) is 38.5 Å². The summed E-state index contributed by atoms with van der Waals surface area (Å²) >= 11 is 0. The van der Waals surface area contributed by atoms with E-state index in [2.05, 4.69) is 6.58 Å². The molecule has 0 unspecified atom stereocenters. The Morgan fingerprint density at radius 1 is 1.31 bits per heavy atom. The first kappa shape index (κ1) is 22.6. The van der Waals surface area contributed by atoms with Crippen LogP contribution in [0.2, 0.25) is 0 Å². The van der Waals surface area contributed by atoms with Crippen molar-refractivity contribution in [3.05, 3.63) is 47.1 Å². The summed E-state index contributed by atoms with van der Waals surface area (Å²) in [7, 11) is 0. The highest BCUT2D eigenvalue weighted by molar-refractivity contribution is 5.92. The molecule has 2 aliphatic rings. The van der Waals surface area contributed by atoms with Crippen molar-refractivity contribution in [1.82, 2.24) is 0 Å². The standard InChI is InChI=1S/C22H28O7/c1-12-6-7-17(27-16(5)24)14(3)11-19-20(15(4)22(26)29-19)18(10-12)28-21(25)13(2)8-9-23/h6,8,11,17-20,23H,4,7,9-10H2,1-3,5H3/b12-6-,13-8+,14-11-/t17-,18-,19-,20-/m1/s1. The van der Waals surface area contributed by atoms with E-state index in [4.69, 9.17) is 19.3 Å². The fraction of sp³-hybridized carbons (Fsp3) is 0.500. The van der Waals surface area contributed by atoms with Crippen LogP contribution in [0.5, 0.6) is 0 Å². The molecule has 0 bridgehead atoms. The third-order valence-electron chi connectivity index (χ3n) is 5.09. The van der Waals surface area contributed by atoms with Crippen molar-refractivity contribution in [2.75, 3.05) is 6.61 Å². The number of carbonyl (C=O) groups is 3. The zero-order valence-electron chi connectivity index (χ0n) is 17.3. The summed E-state index contributed by atoms with van der Waals surface area (Å²) in [4.78, 5) is 36.1. The molecule has 1 saturated heterocycles. The van der Waals surface area contributed by atoms with Gasteiger partial charge in [0.25, 0.3) is 0 Å². The summed E-state index contributed by atoms with van der Waals surface area (Å²) in [5.74, 6) is -2.08. The molecule has 1 N–H and O–H groups in total. The Kier molecular flexibility index (Phi) is 7.56. The van der Waals surface area contributed by atoms with Gasteiger partial charge in [0.1, 0.15) is 18.3 Å². The molecule has 1 heterocycles. The van der Waals surface area contributed by atoms with Crippen LogP contribution in [0.4, 0.5) is 0 Å². The van der Waals surface area contributed by atoms with Crippen molar-refractivity contribution in [3.8, 4) is 0 Å². The van der Waals surface area contributed by atoms with Crippen LogP contribution in [0.15, 0.2) is 47.1 Å². The fourth-order valence-electron chi connectivity index (χ4n) is 3.48. The number of aliphatic hydroxyl groups is 1. The normalized spacial score (nSPS) is 31.6. The van der Waals surface area contributed by atoms with E-state index in [0.717, 1.165) is 11.1 Å². The molecular weight excluding hydrogens is 376 g/mol. The number of rotatable bonds is 4. The lowest BCUT2D eigenvalue weighted by Gasteiger charge is -2.28. The Morgan fingerprint density at radius 3 is 2.62 bits per heavy atom. The monoisotopic (exact) mass is 404 g/mol. The molecule has 1 aliphatic carbocycles. The molecule has 2 rings (SSSR count). The topological polar surface area (TPSA) is 99.1 Å². The molecule has 0 saturated carbocycles. The molecular formula is C22H28O7. The lowest BCUT2D eigenvalue weighted by atomic mass is 9.85. The Hall–Kier alpha value is -2.67. The molecule has 0 spiro atoms. The van der Waals surface area contributed by atoms with Gasteiger partial charge in [-0.3, -0.25) is 4.79 Å². The highest BCUT2D eigenvalue weighted by Gasteiger charge is 2.44. The average Bonchev–Trinajstić information content (AvgIpc) is 2.90. The first-order valence-electron chi connectivity index (χ1n) is 9.53. The minimum atomic E-state index is -0.682. The zero-order chi connectivity index (χ0) is 21.7. The van der Waals surface area contributed by atoms with Crippen molar-refractivity contribution in [2.45, 2.75) is 58.8 Å². The highest BCUT2D eigenvalue weighted by Crippen LogP contribution is 2.36. The zero-order valence-corrected chi connectivity index (χ0v) is 17.3. The highest BCUT2D eigenvalue weighted by atomic mass is 16.6. The van der Waals surface area contributed by atoms with E-state index in [-0.39, 0.29) is 17.8 Å².